The first-order chi connectivity index (χ1) is 7.50. The lowest BCUT2D eigenvalue weighted by atomic mass is 10.1. The van der Waals surface area contributed by atoms with Crippen LogP contribution in [0.3, 0.4) is 0 Å². The Hall–Kier alpha value is -1.95. The first-order valence-electron chi connectivity index (χ1n) is 4.52. The number of nitrogens with zero attached hydrogens (tertiary/aromatic N) is 1. The van der Waals surface area contributed by atoms with Gasteiger partial charge in [0.25, 0.3) is 5.69 Å². The Labute approximate surface area is 91.6 Å². The zero-order valence-corrected chi connectivity index (χ0v) is 8.63. The summed E-state index contributed by atoms with van der Waals surface area (Å²) in [7, 11) is 0. The third kappa shape index (κ3) is 3.32. The average molecular weight is 224 g/mol. The summed E-state index contributed by atoms with van der Waals surface area (Å²) in [6.45, 7) is 1.21. The minimum atomic E-state index is -1.29. The van der Waals surface area contributed by atoms with Crippen LogP contribution >= 0.6 is 0 Å². The highest BCUT2D eigenvalue weighted by atomic mass is 16.6. The number of carboxylic acids is 1. The van der Waals surface area contributed by atoms with Gasteiger partial charge >= 0.3 is 0 Å². The Morgan fingerprint density at radius 1 is 1.50 bits per heavy atom. The summed E-state index contributed by atoms with van der Waals surface area (Å²) in [5.74, 6) is -1.29. The number of aliphatic carboxylic acids is 1. The van der Waals surface area contributed by atoms with Crippen LogP contribution in [0.4, 0.5) is 5.69 Å². The van der Waals surface area contributed by atoms with E-state index in [2.05, 4.69) is 0 Å². The molecule has 1 aromatic rings. The Morgan fingerprint density at radius 2 is 2.19 bits per heavy atom. The van der Waals surface area contributed by atoms with Gasteiger partial charge in [0.05, 0.1) is 24.1 Å². The van der Waals surface area contributed by atoms with Crippen LogP contribution in [0.2, 0.25) is 0 Å². The van der Waals surface area contributed by atoms with Crippen molar-refractivity contribution in [1.82, 2.24) is 0 Å². The number of aryl methyl sites for hydroxylation is 1. The number of hydrogen-bond donors (Lipinski definition) is 0. The second kappa shape index (κ2) is 5.22. The van der Waals surface area contributed by atoms with Gasteiger partial charge in [0.1, 0.15) is 0 Å². The van der Waals surface area contributed by atoms with Crippen LogP contribution in [0.5, 0.6) is 0 Å². The van der Waals surface area contributed by atoms with Gasteiger partial charge < -0.3 is 14.6 Å². The van der Waals surface area contributed by atoms with Crippen molar-refractivity contribution >= 4 is 11.7 Å². The second-order valence-electron chi connectivity index (χ2n) is 3.24. The molecule has 0 fully saturated rings. The lowest BCUT2D eigenvalue weighted by Crippen LogP contribution is -2.27. The number of hydrogen-bond acceptors (Lipinski definition) is 5. The summed E-state index contributed by atoms with van der Waals surface area (Å²) in [6.07, 6.45) is 0. The van der Waals surface area contributed by atoms with Crippen LogP contribution in [0.15, 0.2) is 18.2 Å². The lowest BCUT2D eigenvalue weighted by Gasteiger charge is -2.05. The molecule has 1 aromatic carbocycles. The third-order valence-electron chi connectivity index (χ3n) is 1.95. The highest BCUT2D eigenvalue weighted by molar-refractivity contribution is 5.65. The molecule has 0 aliphatic heterocycles. The number of nitro benzene ring substituents is 1. The maximum atomic E-state index is 10.5. The van der Waals surface area contributed by atoms with Crippen LogP contribution < -0.4 is 5.11 Å². The molecule has 0 heterocycles. The average Bonchev–Trinajstić information content (AvgIpc) is 2.16. The van der Waals surface area contributed by atoms with Gasteiger partial charge in [0, 0.05) is 11.6 Å². The van der Waals surface area contributed by atoms with Gasteiger partial charge in [-0.15, -0.1) is 0 Å². The largest absolute Gasteiger partial charge is 0.548 e. The molecule has 0 bridgehead atoms. The van der Waals surface area contributed by atoms with E-state index in [0.29, 0.717) is 11.1 Å². The molecule has 6 heteroatoms. The van der Waals surface area contributed by atoms with Crippen molar-refractivity contribution in [2.45, 2.75) is 13.5 Å². The van der Waals surface area contributed by atoms with Crippen molar-refractivity contribution in [1.29, 1.82) is 0 Å². The first-order valence-corrected chi connectivity index (χ1v) is 4.52. The minimum absolute atomic E-state index is 0.0312. The molecule has 0 radical (unpaired) electrons. The Balaban J connectivity index is 2.66. The van der Waals surface area contributed by atoms with Gasteiger partial charge in [-0.05, 0) is 24.6 Å². The van der Waals surface area contributed by atoms with Crippen molar-refractivity contribution in [3.05, 3.63) is 39.4 Å². The molecule has 6 nitrogen and oxygen atoms in total. The number of carbonyl (C=O) groups is 1. The zero-order valence-electron chi connectivity index (χ0n) is 8.63. The van der Waals surface area contributed by atoms with Crippen molar-refractivity contribution in [3.8, 4) is 0 Å². The molecule has 0 saturated carbocycles. The van der Waals surface area contributed by atoms with Gasteiger partial charge in [-0.3, -0.25) is 10.1 Å². The van der Waals surface area contributed by atoms with Crippen LogP contribution in [0.1, 0.15) is 11.1 Å². The van der Waals surface area contributed by atoms with Crippen molar-refractivity contribution < 1.29 is 19.6 Å². The predicted molar refractivity (Wildman–Crippen MR) is 52.5 cm³/mol. The van der Waals surface area contributed by atoms with Gasteiger partial charge in [-0.1, -0.05) is 0 Å². The summed E-state index contributed by atoms with van der Waals surface area (Å²) in [5.41, 5.74) is 1.23. The number of carboxylic acid groups (broad SMARTS) is 1. The monoisotopic (exact) mass is 224 g/mol. The fourth-order valence-corrected chi connectivity index (χ4v) is 1.26. The molecule has 0 unspecified atom stereocenters. The van der Waals surface area contributed by atoms with Crippen molar-refractivity contribution in [2.75, 3.05) is 6.61 Å². The molecule has 16 heavy (non-hydrogen) atoms. The highest BCUT2D eigenvalue weighted by Crippen LogP contribution is 2.18. The quantitative estimate of drug-likeness (QED) is 0.525. The predicted octanol–water partition coefficient (Wildman–Crippen LogP) is 0.170. The van der Waals surface area contributed by atoms with Crippen LogP contribution in [0, 0.1) is 17.0 Å². The Morgan fingerprint density at radius 3 is 2.69 bits per heavy atom. The maximum absolute atomic E-state index is 10.5. The lowest BCUT2D eigenvalue weighted by molar-refractivity contribution is -0.385. The molecule has 0 N–H and O–H groups in total. The normalized spacial score (nSPS) is 10.1. The smallest absolute Gasteiger partial charge is 0.272 e. The van der Waals surface area contributed by atoms with Gasteiger partial charge in [0.2, 0.25) is 0 Å². The van der Waals surface area contributed by atoms with E-state index < -0.39 is 17.5 Å². The summed E-state index contributed by atoms with van der Waals surface area (Å²) in [4.78, 5) is 20.1. The zero-order chi connectivity index (χ0) is 12.1. The van der Waals surface area contributed by atoms with E-state index >= 15 is 0 Å². The molecular formula is C10H10NO5-. The number of carbonyl (C=O) groups excluding carboxylic acids is 1. The number of ether oxygens (including phenoxy) is 1. The minimum Gasteiger partial charge on any atom is -0.548 e. The van der Waals surface area contributed by atoms with Crippen LogP contribution in [-0.4, -0.2) is 17.5 Å². The van der Waals surface area contributed by atoms with Crippen molar-refractivity contribution in [2.24, 2.45) is 0 Å². The van der Waals surface area contributed by atoms with E-state index in [4.69, 9.17) is 4.74 Å². The molecule has 0 aromatic heterocycles. The molecule has 0 saturated heterocycles. The van der Waals surface area contributed by atoms with Crippen LogP contribution in [-0.2, 0) is 16.1 Å². The summed E-state index contributed by atoms with van der Waals surface area (Å²) in [6, 6.07) is 4.49. The van der Waals surface area contributed by atoms with E-state index in [1.165, 1.54) is 12.1 Å². The summed E-state index contributed by atoms with van der Waals surface area (Å²) < 4.78 is 4.80. The van der Waals surface area contributed by atoms with E-state index in [0.717, 1.165) is 0 Å². The topological polar surface area (TPSA) is 92.5 Å². The number of benzene rings is 1. The SMILES string of the molecule is Cc1cc(COCC(=O)[O-])ccc1[N+](=O)[O-]. The molecule has 0 atom stereocenters. The van der Waals surface area contributed by atoms with E-state index in [1.54, 1.807) is 13.0 Å². The van der Waals surface area contributed by atoms with E-state index in [-0.39, 0.29) is 12.3 Å². The summed E-state index contributed by atoms with van der Waals surface area (Å²) in [5, 5.41) is 20.6. The van der Waals surface area contributed by atoms with Gasteiger partial charge in [-0.25, -0.2) is 0 Å². The van der Waals surface area contributed by atoms with E-state index in [9.17, 15) is 20.0 Å². The Kier molecular flexibility index (Phi) is 3.96. The standard InChI is InChI=1S/C10H11NO5/c1-7-4-8(5-16-6-10(12)13)2-3-9(7)11(14)15/h2-4H,5-6H2,1H3,(H,12,13)/p-1. The molecule has 86 valence electrons. The number of rotatable bonds is 5. The van der Waals surface area contributed by atoms with E-state index in [1.807, 2.05) is 0 Å². The van der Waals surface area contributed by atoms with Gasteiger partial charge in [-0.2, -0.15) is 0 Å². The molecule has 0 spiro atoms. The first kappa shape index (κ1) is 12.1. The maximum Gasteiger partial charge on any atom is 0.272 e. The number of nitro groups is 1. The fourth-order valence-electron chi connectivity index (χ4n) is 1.26. The molecule has 0 aliphatic rings. The highest BCUT2D eigenvalue weighted by Gasteiger charge is 2.09. The third-order valence-corrected chi connectivity index (χ3v) is 1.95. The fraction of sp³-hybridized carbons (Fsp3) is 0.300. The Bertz CT molecular complexity index is 416. The van der Waals surface area contributed by atoms with Crippen molar-refractivity contribution in [3.63, 3.8) is 0 Å². The molecule has 0 aliphatic carbocycles. The second-order valence-corrected chi connectivity index (χ2v) is 3.24. The van der Waals surface area contributed by atoms with Gasteiger partial charge in [0.15, 0.2) is 0 Å². The summed E-state index contributed by atoms with van der Waals surface area (Å²) >= 11 is 0. The molecular weight excluding hydrogens is 214 g/mol. The molecule has 0 amide bonds. The molecule has 1 rings (SSSR count). The van der Waals surface area contributed by atoms with Crippen LogP contribution in [0.25, 0.3) is 0 Å².